The first kappa shape index (κ1) is 14.1. The fraction of sp³-hybridized carbons (Fsp3) is 0.0714. The fourth-order valence-corrected chi connectivity index (χ4v) is 1.78. The molecule has 0 aromatic heterocycles. The number of amides is 1. The van der Waals surface area contributed by atoms with Crippen molar-refractivity contribution in [2.45, 2.75) is 0 Å². The molecule has 2 aromatic rings. The van der Waals surface area contributed by atoms with Crippen LogP contribution in [0, 0.1) is 5.82 Å². The molecule has 0 heterocycles. The number of carbonyl (C=O) groups excluding carboxylic acids is 1. The van der Waals surface area contributed by atoms with Gasteiger partial charge in [-0.25, -0.2) is 4.39 Å². The number of ether oxygens (including phenoxy) is 1. The summed E-state index contributed by atoms with van der Waals surface area (Å²) in [5, 5.41) is 2.51. The highest BCUT2D eigenvalue weighted by atomic mass is 35.5. The van der Waals surface area contributed by atoms with E-state index in [9.17, 15) is 9.18 Å². The van der Waals surface area contributed by atoms with Crippen molar-refractivity contribution >= 4 is 28.9 Å². The molecule has 2 aromatic carbocycles. The Labute approximate surface area is 120 Å². The van der Waals surface area contributed by atoms with E-state index >= 15 is 0 Å². The van der Waals surface area contributed by atoms with Gasteiger partial charge in [-0.2, -0.15) is 0 Å². The van der Waals surface area contributed by atoms with E-state index in [1.54, 1.807) is 18.2 Å². The highest BCUT2D eigenvalue weighted by molar-refractivity contribution is 6.31. The number of methoxy groups -OCH3 is 1. The predicted octanol–water partition coefficient (Wildman–Crippen LogP) is 3.32. The van der Waals surface area contributed by atoms with Crippen molar-refractivity contribution in [1.82, 2.24) is 0 Å². The Hall–Kier alpha value is -2.27. The number of anilines is 2. The quantitative estimate of drug-likeness (QED) is 0.854. The highest BCUT2D eigenvalue weighted by Crippen LogP contribution is 2.25. The van der Waals surface area contributed by atoms with Crippen molar-refractivity contribution in [2.24, 2.45) is 0 Å². The maximum atomic E-state index is 13.1. The summed E-state index contributed by atoms with van der Waals surface area (Å²) in [7, 11) is 1.51. The van der Waals surface area contributed by atoms with Gasteiger partial charge >= 0.3 is 0 Å². The average molecular weight is 295 g/mol. The molecule has 0 aliphatic heterocycles. The van der Waals surface area contributed by atoms with Gasteiger partial charge in [-0.15, -0.1) is 0 Å². The van der Waals surface area contributed by atoms with Gasteiger partial charge < -0.3 is 15.8 Å². The molecule has 0 atom stereocenters. The number of carbonyl (C=O) groups is 1. The first-order valence-corrected chi connectivity index (χ1v) is 6.09. The molecule has 104 valence electrons. The topological polar surface area (TPSA) is 64.3 Å². The minimum absolute atomic E-state index is 0.115. The zero-order valence-electron chi connectivity index (χ0n) is 10.6. The van der Waals surface area contributed by atoms with Crippen LogP contribution in [0.15, 0.2) is 36.4 Å². The lowest BCUT2D eigenvalue weighted by Crippen LogP contribution is -2.13. The Morgan fingerprint density at radius 3 is 2.70 bits per heavy atom. The van der Waals surface area contributed by atoms with Gasteiger partial charge in [-0.1, -0.05) is 11.6 Å². The summed E-state index contributed by atoms with van der Waals surface area (Å²) in [4.78, 5) is 12.0. The molecule has 4 nitrogen and oxygen atoms in total. The number of nitrogens with one attached hydrogen (secondary N) is 1. The summed E-state index contributed by atoms with van der Waals surface area (Å²) >= 11 is 5.64. The SMILES string of the molecule is COc1ccc(N)c(NC(=O)c2ccc(F)c(Cl)c2)c1. The Balaban J connectivity index is 2.25. The lowest BCUT2D eigenvalue weighted by molar-refractivity contribution is 0.102. The molecule has 0 aliphatic carbocycles. The second kappa shape index (κ2) is 5.79. The molecule has 3 N–H and O–H groups in total. The van der Waals surface area contributed by atoms with Crippen molar-refractivity contribution < 1.29 is 13.9 Å². The molecular weight excluding hydrogens is 283 g/mol. The first-order chi connectivity index (χ1) is 9.51. The molecule has 6 heteroatoms. The third kappa shape index (κ3) is 3.00. The minimum Gasteiger partial charge on any atom is -0.497 e. The number of nitrogens with two attached hydrogens (primary N) is 1. The molecule has 0 saturated carbocycles. The molecule has 0 spiro atoms. The summed E-state index contributed by atoms with van der Waals surface area (Å²) in [5.41, 5.74) is 6.81. The largest absolute Gasteiger partial charge is 0.497 e. The summed E-state index contributed by atoms with van der Waals surface area (Å²) in [5.74, 6) is -0.456. The van der Waals surface area contributed by atoms with E-state index in [0.29, 0.717) is 17.1 Å². The van der Waals surface area contributed by atoms with Crippen molar-refractivity contribution in [1.29, 1.82) is 0 Å². The minimum atomic E-state index is -0.580. The van der Waals surface area contributed by atoms with Gasteiger partial charge in [-0.05, 0) is 30.3 Å². The number of rotatable bonds is 3. The van der Waals surface area contributed by atoms with Crippen LogP contribution in [-0.4, -0.2) is 13.0 Å². The Bertz CT molecular complexity index is 662. The number of hydrogen-bond acceptors (Lipinski definition) is 3. The van der Waals surface area contributed by atoms with Crippen LogP contribution in [0.5, 0.6) is 5.75 Å². The van der Waals surface area contributed by atoms with E-state index in [1.165, 1.54) is 19.2 Å². The third-order valence-electron chi connectivity index (χ3n) is 2.69. The van der Waals surface area contributed by atoms with Crippen LogP contribution in [0.3, 0.4) is 0 Å². The Morgan fingerprint density at radius 1 is 1.30 bits per heavy atom. The van der Waals surface area contributed by atoms with Crippen LogP contribution in [0.1, 0.15) is 10.4 Å². The smallest absolute Gasteiger partial charge is 0.255 e. The second-order valence-electron chi connectivity index (χ2n) is 4.04. The summed E-state index contributed by atoms with van der Waals surface area (Å²) < 4.78 is 18.1. The zero-order chi connectivity index (χ0) is 14.7. The zero-order valence-corrected chi connectivity index (χ0v) is 11.4. The van der Waals surface area contributed by atoms with Crippen LogP contribution in [0.4, 0.5) is 15.8 Å². The molecule has 20 heavy (non-hydrogen) atoms. The maximum Gasteiger partial charge on any atom is 0.255 e. The van der Waals surface area contributed by atoms with Gasteiger partial charge in [0, 0.05) is 11.6 Å². The monoisotopic (exact) mass is 294 g/mol. The van der Waals surface area contributed by atoms with E-state index < -0.39 is 11.7 Å². The van der Waals surface area contributed by atoms with E-state index in [4.69, 9.17) is 22.1 Å². The van der Waals surface area contributed by atoms with Gasteiger partial charge in [0.15, 0.2) is 0 Å². The number of nitrogen functional groups attached to an aromatic ring is 1. The van der Waals surface area contributed by atoms with Gasteiger partial charge in [0.2, 0.25) is 0 Å². The summed E-state index contributed by atoms with van der Waals surface area (Å²) in [6.45, 7) is 0. The molecule has 0 bridgehead atoms. The Kier molecular flexibility index (Phi) is 4.10. The number of hydrogen-bond donors (Lipinski definition) is 2. The van der Waals surface area contributed by atoms with Crippen molar-refractivity contribution in [3.8, 4) is 5.75 Å². The van der Waals surface area contributed by atoms with Crippen LogP contribution >= 0.6 is 11.6 Å². The molecule has 1 amide bonds. The molecule has 0 aliphatic rings. The molecule has 0 unspecified atom stereocenters. The van der Waals surface area contributed by atoms with Gasteiger partial charge in [0.25, 0.3) is 5.91 Å². The highest BCUT2D eigenvalue weighted by Gasteiger charge is 2.11. The maximum absolute atomic E-state index is 13.1. The van der Waals surface area contributed by atoms with Crippen LogP contribution in [0.25, 0.3) is 0 Å². The summed E-state index contributed by atoms with van der Waals surface area (Å²) in [6.07, 6.45) is 0. The molecule has 2 rings (SSSR count). The van der Waals surface area contributed by atoms with E-state index in [2.05, 4.69) is 5.32 Å². The standard InChI is InChI=1S/C14H12ClFN2O2/c1-20-9-3-5-12(17)13(7-9)18-14(19)8-2-4-11(16)10(15)6-8/h2-7H,17H2,1H3,(H,18,19). The third-order valence-corrected chi connectivity index (χ3v) is 2.98. The molecule has 0 saturated heterocycles. The number of benzene rings is 2. The van der Waals surface area contributed by atoms with Gasteiger partial charge in [0.1, 0.15) is 11.6 Å². The molecule has 0 radical (unpaired) electrons. The van der Waals surface area contributed by atoms with Gasteiger partial charge in [-0.3, -0.25) is 4.79 Å². The van der Waals surface area contributed by atoms with E-state index in [0.717, 1.165) is 6.07 Å². The lowest BCUT2D eigenvalue weighted by atomic mass is 10.2. The molecular formula is C14H12ClFN2O2. The van der Waals surface area contributed by atoms with Crippen molar-refractivity contribution in [3.05, 3.63) is 52.8 Å². The van der Waals surface area contributed by atoms with Crippen molar-refractivity contribution in [2.75, 3.05) is 18.2 Å². The number of halogens is 2. The van der Waals surface area contributed by atoms with Gasteiger partial charge in [0.05, 0.1) is 23.5 Å². The van der Waals surface area contributed by atoms with E-state index in [1.807, 2.05) is 0 Å². The van der Waals surface area contributed by atoms with Crippen LogP contribution in [0.2, 0.25) is 5.02 Å². The Morgan fingerprint density at radius 2 is 2.05 bits per heavy atom. The molecule has 0 fully saturated rings. The fourth-order valence-electron chi connectivity index (χ4n) is 1.60. The lowest BCUT2D eigenvalue weighted by Gasteiger charge is -2.10. The average Bonchev–Trinajstić information content (AvgIpc) is 2.44. The van der Waals surface area contributed by atoms with Crippen LogP contribution < -0.4 is 15.8 Å². The predicted molar refractivity (Wildman–Crippen MR) is 76.8 cm³/mol. The normalized spacial score (nSPS) is 10.2. The van der Waals surface area contributed by atoms with E-state index in [-0.39, 0.29) is 10.6 Å². The summed E-state index contributed by atoms with van der Waals surface area (Å²) in [6, 6.07) is 8.62. The second-order valence-corrected chi connectivity index (χ2v) is 4.44. The van der Waals surface area contributed by atoms with Crippen LogP contribution in [-0.2, 0) is 0 Å². The first-order valence-electron chi connectivity index (χ1n) is 5.71. The van der Waals surface area contributed by atoms with Crippen molar-refractivity contribution in [3.63, 3.8) is 0 Å².